The van der Waals surface area contributed by atoms with Crippen LogP contribution in [-0.4, -0.2) is 6.54 Å². The van der Waals surface area contributed by atoms with Gasteiger partial charge in [-0.15, -0.1) is 0 Å². The number of hydrogen-bond acceptors (Lipinski definition) is 2. The molecule has 2 aromatic rings. The van der Waals surface area contributed by atoms with Crippen LogP contribution >= 0.6 is 11.6 Å². The molecule has 2 nitrogen and oxygen atoms in total. The molecule has 0 atom stereocenters. The highest BCUT2D eigenvalue weighted by atomic mass is 35.5. The van der Waals surface area contributed by atoms with Crippen LogP contribution in [0.5, 0.6) is 0 Å². The van der Waals surface area contributed by atoms with Crippen LogP contribution in [0, 0.1) is 0 Å². The third-order valence-corrected chi connectivity index (χ3v) is 3.62. The minimum atomic E-state index is 0.785. The molecule has 0 saturated carbocycles. The number of nitrogens with zero attached hydrogens (tertiary/aromatic N) is 1. The van der Waals surface area contributed by atoms with Crippen LogP contribution in [0.2, 0.25) is 5.02 Å². The summed E-state index contributed by atoms with van der Waals surface area (Å²) in [6, 6.07) is 14.2. The summed E-state index contributed by atoms with van der Waals surface area (Å²) in [6.45, 7) is 1.89. The van der Waals surface area contributed by atoms with Gasteiger partial charge in [-0.1, -0.05) is 35.9 Å². The molecule has 0 fully saturated rings. The maximum absolute atomic E-state index is 6.08. The number of para-hydroxylation sites is 1. The van der Waals surface area contributed by atoms with Crippen LogP contribution in [-0.2, 0) is 13.0 Å². The first-order valence-corrected chi connectivity index (χ1v) is 6.48. The molecule has 1 heterocycles. The Labute approximate surface area is 112 Å². The van der Waals surface area contributed by atoms with E-state index in [2.05, 4.69) is 17.0 Å². The molecule has 0 aliphatic carbocycles. The molecule has 0 radical (unpaired) electrons. The van der Waals surface area contributed by atoms with E-state index in [1.54, 1.807) is 0 Å². The molecule has 2 N–H and O–H groups in total. The minimum Gasteiger partial charge on any atom is -0.397 e. The van der Waals surface area contributed by atoms with Gasteiger partial charge in [0.2, 0.25) is 0 Å². The number of nitrogen functional groups attached to an aromatic ring is 1. The van der Waals surface area contributed by atoms with Gasteiger partial charge < -0.3 is 10.6 Å². The van der Waals surface area contributed by atoms with Crippen LogP contribution in [0.15, 0.2) is 42.5 Å². The van der Waals surface area contributed by atoms with Crippen molar-refractivity contribution in [3.05, 3.63) is 58.6 Å². The number of nitrogens with two attached hydrogens (primary N) is 1. The number of hydrogen-bond donors (Lipinski definition) is 1. The Balaban J connectivity index is 1.89. The van der Waals surface area contributed by atoms with Gasteiger partial charge in [-0.25, -0.2) is 0 Å². The first-order chi connectivity index (χ1) is 8.74. The Morgan fingerprint density at radius 2 is 2.00 bits per heavy atom. The lowest BCUT2D eigenvalue weighted by atomic mass is 10.1. The second kappa shape index (κ2) is 4.54. The van der Waals surface area contributed by atoms with Crippen molar-refractivity contribution in [1.82, 2.24) is 0 Å². The van der Waals surface area contributed by atoms with E-state index in [4.69, 9.17) is 17.3 Å². The van der Waals surface area contributed by atoms with Crippen LogP contribution in [0.25, 0.3) is 0 Å². The van der Waals surface area contributed by atoms with Gasteiger partial charge in [0.05, 0.1) is 11.4 Å². The molecule has 1 aliphatic heterocycles. The number of halogens is 1. The van der Waals surface area contributed by atoms with Gasteiger partial charge in [0, 0.05) is 18.1 Å². The van der Waals surface area contributed by atoms with Crippen LogP contribution < -0.4 is 10.6 Å². The zero-order chi connectivity index (χ0) is 12.5. The third-order valence-electron chi connectivity index (χ3n) is 3.38. The summed E-state index contributed by atoms with van der Waals surface area (Å²) in [7, 11) is 0. The van der Waals surface area contributed by atoms with Crippen molar-refractivity contribution in [2.75, 3.05) is 17.2 Å². The average molecular weight is 259 g/mol. The molecule has 3 rings (SSSR count). The van der Waals surface area contributed by atoms with Gasteiger partial charge in [0.15, 0.2) is 0 Å². The summed E-state index contributed by atoms with van der Waals surface area (Å²) in [5.74, 6) is 0. The Hall–Kier alpha value is -1.67. The van der Waals surface area contributed by atoms with Gasteiger partial charge in [-0.05, 0) is 35.7 Å². The lowest BCUT2D eigenvalue weighted by Gasteiger charge is -2.21. The van der Waals surface area contributed by atoms with E-state index >= 15 is 0 Å². The van der Waals surface area contributed by atoms with Crippen LogP contribution in [0.1, 0.15) is 11.1 Å². The highest BCUT2D eigenvalue weighted by molar-refractivity contribution is 6.30. The van der Waals surface area contributed by atoms with Crippen molar-refractivity contribution in [2.45, 2.75) is 13.0 Å². The summed E-state index contributed by atoms with van der Waals surface area (Å²) >= 11 is 6.02. The molecule has 0 amide bonds. The van der Waals surface area contributed by atoms with E-state index in [0.717, 1.165) is 30.2 Å². The topological polar surface area (TPSA) is 29.3 Å². The summed E-state index contributed by atoms with van der Waals surface area (Å²) < 4.78 is 0. The van der Waals surface area contributed by atoms with Crippen LogP contribution in [0.3, 0.4) is 0 Å². The predicted molar refractivity (Wildman–Crippen MR) is 77.1 cm³/mol. The van der Waals surface area contributed by atoms with Crippen molar-refractivity contribution < 1.29 is 0 Å². The monoisotopic (exact) mass is 258 g/mol. The number of rotatable bonds is 2. The smallest absolute Gasteiger partial charge is 0.0636 e. The predicted octanol–water partition coefficient (Wildman–Crippen LogP) is 3.48. The van der Waals surface area contributed by atoms with Gasteiger partial charge in [0.25, 0.3) is 0 Å². The fraction of sp³-hybridized carbons (Fsp3) is 0.200. The fourth-order valence-electron chi connectivity index (χ4n) is 2.58. The Morgan fingerprint density at radius 3 is 2.83 bits per heavy atom. The summed E-state index contributed by atoms with van der Waals surface area (Å²) in [5, 5.41) is 0.785. The van der Waals surface area contributed by atoms with Crippen molar-refractivity contribution >= 4 is 23.0 Å². The van der Waals surface area contributed by atoms with Gasteiger partial charge >= 0.3 is 0 Å². The molecule has 1 aliphatic rings. The summed E-state index contributed by atoms with van der Waals surface area (Å²) in [5.41, 5.74) is 10.7. The van der Waals surface area contributed by atoms with E-state index in [-0.39, 0.29) is 0 Å². The number of fused-ring (bicyclic) bond motifs is 1. The Bertz CT molecular complexity index is 580. The van der Waals surface area contributed by atoms with E-state index in [0.29, 0.717) is 0 Å². The average Bonchev–Trinajstić information content (AvgIpc) is 2.74. The fourth-order valence-corrected chi connectivity index (χ4v) is 2.79. The second-order valence-corrected chi connectivity index (χ2v) is 5.09. The zero-order valence-corrected chi connectivity index (χ0v) is 10.8. The summed E-state index contributed by atoms with van der Waals surface area (Å²) in [4.78, 5) is 2.33. The Kier molecular flexibility index (Phi) is 2.88. The third kappa shape index (κ3) is 2.04. The molecule has 0 spiro atoms. The van der Waals surface area contributed by atoms with Crippen molar-refractivity contribution in [1.29, 1.82) is 0 Å². The van der Waals surface area contributed by atoms with Gasteiger partial charge in [0.1, 0.15) is 0 Å². The summed E-state index contributed by atoms with van der Waals surface area (Å²) in [6.07, 6.45) is 1.07. The molecule has 0 saturated heterocycles. The second-order valence-electron chi connectivity index (χ2n) is 4.66. The van der Waals surface area contributed by atoms with Crippen molar-refractivity contribution in [3.63, 3.8) is 0 Å². The maximum atomic E-state index is 6.08. The highest BCUT2D eigenvalue weighted by Gasteiger charge is 2.21. The molecule has 92 valence electrons. The number of benzene rings is 2. The largest absolute Gasteiger partial charge is 0.397 e. The zero-order valence-electron chi connectivity index (χ0n) is 10.1. The Morgan fingerprint density at radius 1 is 1.17 bits per heavy atom. The first kappa shape index (κ1) is 11.4. The lowest BCUT2D eigenvalue weighted by molar-refractivity contribution is 0.837. The molecule has 2 aromatic carbocycles. The maximum Gasteiger partial charge on any atom is 0.0636 e. The normalized spacial score (nSPS) is 13.7. The first-order valence-electron chi connectivity index (χ1n) is 6.11. The molecule has 0 unspecified atom stereocenters. The van der Waals surface area contributed by atoms with E-state index in [9.17, 15) is 0 Å². The molecule has 18 heavy (non-hydrogen) atoms. The molecular weight excluding hydrogens is 244 g/mol. The quantitative estimate of drug-likeness (QED) is 0.836. The van der Waals surface area contributed by atoms with E-state index in [1.807, 2.05) is 30.3 Å². The molecule has 0 bridgehead atoms. The standard InChI is InChI=1S/C15H15ClN2/c16-13-5-1-3-11(9-13)10-18-8-7-12-4-2-6-14(17)15(12)18/h1-6,9H,7-8,10,17H2. The van der Waals surface area contributed by atoms with Gasteiger partial charge in [-0.3, -0.25) is 0 Å². The van der Waals surface area contributed by atoms with E-state index < -0.39 is 0 Å². The SMILES string of the molecule is Nc1cccc2c1N(Cc1cccc(Cl)c1)CC2. The van der Waals surface area contributed by atoms with E-state index in [1.165, 1.54) is 16.8 Å². The highest BCUT2D eigenvalue weighted by Crippen LogP contribution is 2.34. The molecular formula is C15H15ClN2. The minimum absolute atomic E-state index is 0.785. The molecule has 3 heteroatoms. The molecule has 0 aromatic heterocycles. The van der Waals surface area contributed by atoms with Gasteiger partial charge in [-0.2, -0.15) is 0 Å². The van der Waals surface area contributed by atoms with Crippen LogP contribution in [0.4, 0.5) is 11.4 Å². The van der Waals surface area contributed by atoms with Crippen molar-refractivity contribution in [2.24, 2.45) is 0 Å². The number of anilines is 2. The lowest BCUT2D eigenvalue weighted by Crippen LogP contribution is -2.20. The van der Waals surface area contributed by atoms with Crippen molar-refractivity contribution in [3.8, 4) is 0 Å².